The molecule has 1 fully saturated rings. The number of halogens is 1. The lowest BCUT2D eigenvalue weighted by Crippen LogP contribution is -2.47. The summed E-state index contributed by atoms with van der Waals surface area (Å²) in [7, 11) is 0. The number of hydrogen-bond acceptors (Lipinski definition) is 3. The Morgan fingerprint density at radius 2 is 1.93 bits per heavy atom. The minimum atomic E-state index is -0.616. The van der Waals surface area contributed by atoms with Crippen LogP contribution in [0.4, 0.5) is 15.8 Å². The lowest BCUT2D eigenvalue weighted by atomic mass is 10.1. The number of nitrogens with one attached hydrogen (secondary N) is 1. The molecule has 2 aliphatic rings. The monoisotopic (exact) mass is 381 g/mol. The number of amides is 3. The Bertz CT molecular complexity index is 958. The van der Waals surface area contributed by atoms with E-state index in [0.717, 1.165) is 18.1 Å². The fourth-order valence-corrected chi connectivity index (χ4v) is 3.77. The van der Waals surface area contributed by atoms with E-state index >= 15 is 0 Å². The van der Waals surface area contributed by atoms with Crippen molar-refractivity contribution >= 4 is 29.1 Å². The van der Waals surface area contributed by atoms with Crippen molar-refractivity contribution in [2.24, 2.45) is 0 Å². The van der Waals surface area contributed by atoms with Gasteiger partial charge in [0, 0.05) is 12.2 Å². The third-order valence-electron chi connectivity index (χ3n) is 5.18. The van der Waals surface area contributed by atoms with E-state index in [-0.39, 0.29) is 29.6 Å². The molecule has 0 saturated carbocycles. The first-order valence-electron chi connectivity index (χ1n) is 9.22. The number of aryl methyl sites for hydroxylation is 1. The number of fused-ring (bicyclic) bond motifs is 2. The maximum Gasteiger partial charge on any atom is 0.256 e. The standard InChI is InChI=1S/C21H20FN3O3/c1-13-4-7-15(8-5-13)23-19(26)12-25-18-11-14(22)6-9-16(18)20(27)24-10-2-3-17(24)21(25)28/h4-9,11,17H,2-3,10,12H2,1H3,(H,23,26)/t17-/m1/s1. The lowest BCUT2D eigenvalue weighted by Gasteiger charge is -2.25. The summed E-state index contributed by atoms with van der Waals surface area (Å²) in [5, 5.41) is 2.75. The molecular formula is C21H20FN3O3. The topological polar surface area (TPSA) is 69.7 Å². The van der Waals surface area contributed by atoms with E-state index < -0.39 is 17.8 Å². The number of rotatable bonds is 3. The van der Waals surface area contributed by atoms with Crippen LogP contribution in [0.3, 0.4) is 0 Å². The zero-order valence-corrected chi connectivity index (χ0v) is 15.4. The Hall–Kier alpha value is -3.22. The van der Waals surface area contributed by atoms with Gasteiger partial charge >= 0.3 is 0 Å². The molecule has 144 valence electrons. The maximum atomic E-state index is 13.9. The molecule has 0 unspecified atom stereocenters. The number of carbonyl (C=O) groups excluding carboxylic acids is 3. The van der Waals surface area contributed by atoms with Gasteiger partial charge in [0.15, 0.2) is 0 Å². The molecule has 3 amide bonds. The predicted octanol–water partition coefficient (Wildman–Crippen LogP) is 2.72. The van der Waals surface area contributed by atoms with Gasteiger partial charge in [-0.25, -0.2) is 4.39 Å². The van der Waals surface area contributed by atoms with E-state index in [2.05, 4.69) is 5.32 Å². The SMILES string of the molecule is Cc1ccc(NC(=O)CN2C(=O)[C@H]3CCCN3C(=O)c3ccc(F)cc32)cc1. The highest BCUT2D eigenvalue weighted by Gasteiger charge is 2.42. The summed E-state index contributed by atoms with van der Waals surface area (Å²) in [6.07, 6.45) is 1.26. The van der Waals surface area contributed by atoms with Crippen molar-refractivity contribution in [2.45, 2.75) is 25.8 Å². The molecule has 0 bridgehead atoms. The minimum Gasteiger partial charge on any atom is -0.327 e. The molecule has 2 aromatic carbocycles. The van der Waals surface area contributed by atoms with Crippen molar-refractivity contribution in [3.63, 3.8) is 0 Å². The molecule has 2 aromatic rings. The van der Waals surface area contributed by atoms with Crippen LogP contribution in [0.5, 0.6) is 0 Å². The van der Waals surface area contributed by atoms with E-state index in [1.807, 2.05) is 19.1 Å². The number of nitrogens with zero attached hydrogens (tertiary/aromatic N) is 2. The van der Waals surface area contributed by atoms with E-state index in [1.54, 1.807) is 12.1 Å². The second-order valence-corrected chi connectivity index (χ2v) is 7.16. The number of anilines is 2. The molecule has 2 heterocycles. The van der Waals surface area contributed by atoms with Gasteiger partial charge < -0.3 is 15.1 Å². The molecule has 28 heavy (non-hydrogen) atoms. The van der Waals surface area contributed by atoms with E-state index in [9.17, 15) is 18.8 Å². The third kappa shape index (κ3) is 3.24. The average Bonchev–Trinajstić information content (AvgIpc) is 3.14. The third-order valence-corrected chi connectivity index (χ3v) is 5.18. The molecule has 0 radical (unpaired) electrons. The van der Waals surface area contributed by atoms with Crippen LogP contribution in [0, 0.1) is 12.7 Å². The van der Waals surface area contributed by atoms with Crippen molar-refractivity contribution in [2.75, 3.05) is 23.3 Å². The van der Waals surface area contributed by atoms with Crippen molar-refractivity contribution in [1.82, 2.24) is 4.90 Å². The first kappa shape index (κ1) is 18.2. The van der Waals surface area contributed by atoms with Crippen molar-refractivity contribution < 1.29 is 18.8 Å². The summed E-state index contributed by atoms with van der Waals surface area (Å²) in [6.45, 7) is 2.13. The van der Waals surface area contributed by atoms with Gasteiger partial charge in [-0.05, 0) is 50.1 Å². The molecule has 1 atom stereocenters. The Labute approximate surface area is 161 Å². The molecule has 6 nitrogen and oxygen atoms in total. The fraction of sp³-hybridized carbons (Fsp3) is 0.286. The van der Waals surface area contributed by atoms with Crippen molar-refractivity contribution in [3.05, 3.63) is 59.4 Å². The Kier molecular flexibility index (Phi) is 4.58. The maximum absolute atomic E-state index is 13.9. The molecule has 1 saturated heterocycles. The van der Waals surface area contributed by atoms with Crippen LogP contribution >= 0.6 is 0 Å². The van der Waals surface area contributed by atoms with Gasteiger partial charge in [-0.15, -0.1) is 0 Å². The van der Waals surface area contributed by atoms with Gasteiger partial charge in [-0.3, -0.25) is 14.4 Å². The smallest absolute Gasteiger partial charge is 0.256 e. The highest BCUT2D eigenvalue weighted by molar-refractivity contribution is 6.13. The van der Waals surface area contributed by atoms with Crippen LogP contribution in [0.15, 0.2) is 42.5 Å². The van der Waals surface area contributed by atoms with Gasteiger partial charge in [0.25, 0.3) is 5.91 Å². The van der Waals surface area contributed by atoms with Crippen LogP contribution in [0.25, 0.3) is 0 Å². The second kappa shape index (κ2) is 7.07. The Morgan fingerprint density at radius 1 is 1.18 bits per heavy atom. The highest BCUT2D eigenvalue weighted by Crippen LogP contribution is 2.32. The quantitative estimate of drug-likeness (QED) is 0.889. The van der Waals surface area contributed by atoms with Gasteiger partial charge in [0.05, 0.1) is 11.3 Å². The first-order chi connectivity index (χ1) is 13.4. The molecule has 0 aromatic heterocycles. The largest absolute Gasteiger partial charge is 0.327 e. The van der Waals surface area contributed by atoms with Crippen LogP contribution < -0.4 is 10.2 Å². The number of hydrogen-bond donors (Lipinski definition) is 1. The minimum absolute atomic E-state index is 0.142. The van der Waals surface area contributed by atoms with Crippen LogP contribution in [-0.4, -0.2) is 41.8 Å². The molecule has 4 rings (SSSR count). The summed E-state index contributed by atoms with van der Waals surface area (Å²) in [5.41, 5.74) is 2.05. The number of carbonyl (C=O) groups is 3. The first-order valence-corrected chi connectivity index (χ1v) is 9.22. The lowest BCUT2D eigenvalue weighted by molar-refractivity contribution is -0.124. The van der Waals surface area contributed by atoms with Crippen LogP contribution in [0.1, 0.15) is 28.8 Å². The highest BCUT2D eigenvalue weighted by atomic mass is 19.1. The van der Waals surface area contributed by atoms with Gasteiger partial charge in [-0.1, -0.05) is 17.7 Å². The van der Waals surface area contributed by atoms with Crippen LogP contribution in [-0.2, 0) is 9.59 Å². The molecule has 2 aliphatic heterocycles. The zero-order chi connectivity index (χ0) is 19.8. The molecule has 0 spiro atoms. The molecule has 7 heteroatoms. The van der Waals surface area contributed by atoms with Crippen LogP contribution in [0.2, 0.25) is 0 Å². The predicted molar refractivity (Wildman–Crippen MR) is 103 cm³/mol. The zero-order valence-electron chi connectivity index (χ0n) is 15.4. The average molecular weight is 381 g/mol. The summed E-state index contributed by atoms with van der Waals surface area (Å²) in [4.78, 5) is 41.3. The van der Waals surface area contributed by atoms with Crippen molar-refractivity contribution in [3.8, 4) is 0 Å². The van der Waals surface area contributed by atoms with Gasteiger partial charge in [-0.2, -0.15) is 0 Å². The molecule has 0 aliphatic carbocycles. The second-order valence-electron chi connectivity index (χ2n) is 7.16. The van der Waals surface area contributed by atoms with Gasteiger partial charge in [0.2, 0.25) is 11.8 Å². The Balaban J connectivity index is 1.66. The summed E-state index contributed by atoms with van der Waals surface area (Å²) >= 11 is 0. The fourth-order valence-electron chi connectivity index (χ4n) is 3.77. The summed E-state index contributed by atoms with van der Waals surface area (Å²) in [5.74, 6) is -1.63. The number of benzene rings is 2. The van der Waals surface area contributed by atoms with E-state index in [1.165, 1.54) is 21.9 Å². The molecular weight excluding hydrogens is 361 g/mol. The Morgan fingerprint density at radius 3 is 2.68 bits per heavy atom. The van der Waals surface area contributed by atoms with Crippen molar-refractivity contribution in [1.29, 1.82) is 0 Å². The van der Waals surface area contributed by atoms with E-state index in [4.69, 9.17) is 0 Å². The normalized spacial score (nSPS) is 18.6. The summed E-state index contributed by atoms with van der Waals surface area (Å²) < 4.78 is 13.9. The van der Waals surface area contributed by atoms with E-state index in [0.29, 0.717) is 18.7 Å². The molecule has 1 N–H and O–H groups in total. The summed E-state index contributed by atoms with van der Waals surface area (Å²) in [6, 6.07) is 10.4. The van der Waals surface area contributed by atoms with Gasteiger partial charge in [0.1, 0.15) is 18.4 Å².